The molecular weight excluding hydrogens is 302 g/mol. The van der Waals surface area contributed by atoms with E-state index in [0.717, 1.165) is 29.5 Å². The summed E-state index contributed by atoms with van der Waals surface area (Å²) in [7, 11) is 1.70. The van der Waals surface area contributed by atoms with Gasteiger partial charge in [-0.15, -0.1) is 0 Å². The number of nitrogens with two attached hydrogens (primary N) is 1. The van der Waals surface area contributed by atoms with E-state index in [1.165, 1.54) is 18.4 Å². The highest BCUT2D eigenvalue weighted by atomic mass is 79.9. The summed E-state index contributed by atoms with van der Waals surface area (Å²) in [6, 6.07) is 6.12. The molecule has 1 aliphatic carbocycles. The molecule has 1 saturated carbocycles. The second kappa shape index (κ2) is 5.45. The van der Waals surface area contributed by atoms with E-state index in [-0.39, 0.29) is 5.54 Å². The van der Waals surface area contributed by atoms with Gasteiger partial charge in [0.25, 0.3) is 0 Å². The zero-order chi connectivity index (χ0) is 14.1. The van der Waals surface area contributed by atoms with Crippen molar-refractivity contribution in [3.63, 3.8) is 0 Å². The molecule has 1 atom stereocenters. The minimum atomic E-state index is -0.0867. The van der Waals surface area contributed by atoms with Crippen molar-refractivity contribution < 1.29 is 4.74 Å². The van der Waals surface area contributed by atoms with Gasteiger partial charge in [-0.3, -0.25) is 0 Å². The second-order valence-electron chi connectivity index (χ2n) is 6.69. The van der Waals surface area contributed by atoms with E-state index in [1.807, 2.05) is 12.1 Å². The quantitative estimate of drug-likeness (QED) is 0.899. The molecule has 0 spiro atoms. The lowest BCUT2D eigenvalue weighted by atomic mass is 9.66. The maximum Gasteiger partial charge on any atom is 0.119 e. The maximum absolute atomic E-state index is 6.67. The van der Waals surface area contributed by atoms with Crippen LogP contribution in [0.3, 0.4) is 0 Å². The van der Waals surface area contributed by atoms with Crippen molar-refractivity contribution >= 4 is 15.9 Å². The summed E-state index contributed by atoms with van der Waals surface area (Å²) in [6.45, 7) is 4.66. The number of hydrogen-bond acceptors (Lipinski definition) is 2. The van der Waals surface area contributed by atoms with E-state index < -0.39 is 0 Å². The summed E-state index contributed by atoms with van der Waals surface area (Å²) in [5.41, 5.74) is 8.19. The molecule has 19 heavy (non-hydrogen) atoms. The lowest BCUT2D eigenvalue weighted by Gasteiger charge is -2.43. The molecule has 0 bridgehead atoms. The van der Waals surface area contributed by atoms with Gasteiger partial charge in [0.2, 0.25) is 0 Å². The van der Waals surface area contributed by atoms with Gasteiger partial charge in [0.1, 0.15) is 5.75 Å². The first kappa shape index (κ1) is 14.9. The van der Waals surface area contributed by atoms with E-state index in [4.69, 9.17) is 10.5 Å². The van der Waals surface area contributed by atoms with Crippen LogP contribution in [-0.4, -0.2) is 12.6 Å². The minimum absolute atomic E-state index is 0.0867. The molecule has 1 aromatic carbocycles. The number of hydrogen-bond donors (Lipinski definition) is 1. The summed E-state index contributed by atoms with van der Waals surface area (Å²) in [4.78, 5) is 0. The molecule has 1 unspecified atom stereocenters. The van der Waals surface area contributed by atoms with E-state index in [1.54, 1.807) is 7.11 Å². The smallest absolute Gasteiger partial charge is 0.119 e. The van der Waals surface area contributed by atoms with Gasteiger partial charge in [0, 0.05) is 10.0 Å². The van der Waals surface area contributed by atoms with Gasteiger partial charge in [0.05, 0.1) is 7.11 Å². The van der Waals surface area contributed by atoms with Crippen molar-refractivity contribution in [3.05, 3.63) is 28.2 Å². The van der Waals surface area contributed by atoms with Crippen LogP contribution in [0.1, 0.15) is 45.1 Å². The molecule has 1 aliphatic rings. The fraction of sp³-hybridized carbons (Fsp3) is 0.625. The second-order valence-corrected chi connectivity index (χ2v) is 7.55. The van der Waals surface area contributed by atoms with Crippen LogP contribution in [0.4, 0.5) is 0 Å². The fourth-order valence-corrected chi connectivity index (χ4v) is 3.78. The van der Waals surface area contributed by atoms with Crippen LogP contribution in [0.15, 0.2) is 22.7 Å². The Kier molecular flexibility index (Phi) is 4.26. The normalized spacial score (nSPS) is 26.2. The Balaban J connectivity index is 2.20. The molecule has 2 nitrogen and oxygen atoms in total. The predicted molar refractivity (Wildman–Crippen MR) is 83.6 cm³/mol. The molecule has 0 aromatic heterocycles. The maximum atomic E-state index is 6.67. The predicted octanol–water partition coefficient (Wildman–Crippen LogP) is 4.30. The summed E-state index contributed by atoms with van der Waals surface area (Å²) < 4.78 is 6.44. The third kappa shape index (κ3) is 3.73. The molecule has 1 fully saturated rings. The third-order valence-electron chi connectivity index (χ3n) is 4.15. The van der Waals surface area contributed by atoms with Crippen molar-refractivity contribution in [2.45, 2.75) is 51.5 Å². The molecule has 106 valence electrons. The Labute approximate surface area is 124 Å². The third-order valence-corrected chi connectivity index (χ3v) is 4.93. The first-order valence-electron chi connectivity index (χ1n) is 6.95. The van der Waals surface area contributed by atoms with E-state index in [2.05, 4.69) is 35.8 Å². The fourth-order valence-electron chi connectivity index (χ4n) is 3.39. The van der Waals surface area contributed by atoms with Crippen LogP contribution in [-0.2, 0) is 6.42 Å². The van der Waals surface area contributed by atoms with Crippen LogP contribution in [0, 0.1) is 5.41 Å². The first-order valence-corrected chi connectivity index (χ1v) is 7.74. The number of benzene rings is 1. The molecule has 0 aliphatic heterocycles. The Bertz CT molecular complexity index is 458. The minimum Gasteiger partial charge on any atom is -0.497 e. The van der Waals surface area contributed by atoms with Gasteiger partial charge >= 0.3 is 0 Å². The number of halogens is 1. The van der Waals surface area contributed by atoms with Gasteiger partial charge in [-0.1, -0.05) is 36.2 Å². The monoisotopic (exact) mass is 325 g/mol. The molecular formula is C16H24BrNO. The van der Waals surface area contributed by atoms with Gasteiger partial charge in [-0.2, -0.15) is 0 Å². The SMILES string of the molecule is COc1ccc(Br)c(CC2(N)CCCC(C)(C)C2)c1. The largest absolute Gasteiger partial charge is 0.497 e. The van der Waals surface area contributed by atoms with Crippen molar-refractivity contribution in [1.82, 2.24) is 0 Å². The lowest BCUT2D eigenvalue weighted by Crippen LogP contribution is -2.48. The standard InChI is InChI=1S/C16H24BrNO/c1-15(2)7-4-8-16(18,11-15)10-12-9-13(19-3)5-6-14(12)17/h5-6,9H,4,7-8,10-11,18H2,1-3H3. The molecule has 3 heteroatoms. The van der Waals surface area contributed by atoms with Crippen LogP contribution in [0.5, 0.6) is 5.75 Å². The lowest BCUT2D eigenvalue weighted by molar-refractivity contribution is 0.150. The highest BCUT2D eigenvalue weighted by Gasteiger charge is 2.37. The van der Waals surface area contributed by atoms with Gasteiger partial charge < -0.3 is 10.5 Å². The van der Waals surface area contributed by atoms with Crippen LogP contribution in [0.2, 0.25) is 0 Å². The molecule has 0 heterocycles. The molecule has 2 N–H and O–H groups in total. The average Bonchev–Trinajstić information content (AvgIpc) is 2.30. The van der Waals surface area contributed by atoms with Crippen molar-refractivity contribution in [3.8, 4) is 5.75 Å². The number of rotatable bonds is 3. The highest BCUT2D eigenvalue weighted by Crippen LogP contribution is 2.42. The molecule has 0 saturated heterocycles. The van der Waals surface area contributed by atoms with Crippen molar-refractivity contribution in [1.29, 1.82) is 0 Å². The highest BCUT2D eigenvalue weighted by molar-refractivity contribution is 9.10. The molecule has 1 aromatic rings. The molecule has 2 rings (SSSR count). The Hall–Kier alpha value is -0.540. The average molecular weight is 326 g/mol. The molecule has 0 amide bonds. The van der Waals surface area contributed by atoms with Gasteiger partial charge in [-0.25, -0.2) is 0 Å². The van der Waals surface area contributed by atoms with Crippen LogP contribution < -0.4 is 10.5 Å². The van der Waals surface area contributed by atoms with Gasteiger partial charge in [0.15, 0.2) is 0 Å². The topological polar surface area (TPSA) is 35.2 Å². The van der Waals surface area contributed by atoms with E-state index in [9.17, 15) is 0 Å². The number of ether oxygens (including phenoxy) is 1. The Morgan fingerprint density at radius 3 is 2.68 bits per heavy atom. The Morgan fingerprint density at radius 2 is 2.05 bits per heavy atom. The van der Waals surface area contributed by atoms with Gasteiger partial charge in [-0.05, 0) is 54.9 Å². The zero-order valence-corrected chi connectivity index (χ0v) is 13.7. The summed E-state index contributed by atoms with van der Waals surface area (Å²) in [5, 5.41) is 0. The summed E-state index contributed by atoms with van der Waals surface area (Å²) in [5.74, 6) is 0.900. The molecule has 0 radical (unpaired) electrons. The van der Waals surface area contributed by atoms with E-state index in [0.29, 0.717) is 5.41 Å². The summed E-state index contributed by atoms with van der Waals surface area (Å²) >= 11 is 3.63. The summed E-state index contributed by atoms with van der Waals surface area (Å²) in [6.07, 6.45) is 5.62. The van der Waals surface area contributed by atoms with E-state index >= 15 is 0 Å². The zero-order valence-electron chi connectivity index (χ0n) is 12.1. The van der Waals surface area contributed by atoms with Crippen molar-refractivity contribution in [2.75, 3.05) is 7.11 Å². The van der Waals surface area contributed by atoms with Crippen LogP contribution >= 0.6 is 15.9 Å². The Morgan fingerprint density at radius 1 is 1.32 bits per heavy atom. The van der Waals surface area contributed by atoms with Crippen molar-refractivity contribution in [2.24, 2.45) is 11.1 Å². The number of methoxy groups -OCH3 is 1. The first-order chi connectivity index (χ1) is 8.84. The van der Waals surface area contributed by atoms with Crippen LogP contribution in [0.25, 0.3) is 0 Å².